The van der Waals surface area contributed by atoms with Gasteiger partial charge in [-0.2, -0.15) is 0 Å². The van der Waals surface area contributed by atoms with E-state index in [2.05, 4.69) is 16.8 Å². The number of nitrogen functional groups attached to an aromatic ring is 1. The van der Waals surface area contributed by atoms with Crippen LogP contribution in [0.25, 0.3) is 10.8 Å². The molecule has 0 bridgehead atoms. The molecular weight excluding hydrogens is 300 g/mol. The minimum absolute atomic E-state index is 0.213. The van der Waals surface area contributed by atoms with Gasteiger partial charge in [0, 0.05) is 22.5 Å². The lowest BCUT2D eigenvalue weighted by molar-refractivity contribution is 0.0697. The molecule has 118 valence electrons. The van der Waals surface area contributed by atoms with Crippen LogP contribution in [0.2, 0.25) is 0 Å². The zero-order valence-electron chi connectivity index (χ0n) is 13.4. The second-order valence-corrected chi connectivity index (χ2v) is 5.69. The molecule has 4 nitrogen and oxygen atoms in total. The lowest BCUT2D eigenvalue weighted by Crippen LogP contribution is -1.98. The second-order valence-electron chi connectivity index (χ2n) is 5.69. The van der Waals surface area contributed by atoms with Crippen LogP contribution >= 0.6 is 0 Å². The first kappa shape index (κ1) is 15.6. The first-order valence-corrected chi connectivity index (χ1v) is 7.46. The molecule has 0 aliphatic heterocycles. The molecule has 0 radical (unpaired) electrons. The Morgan fingerprint density at radius 1 is 1.12 bits per heavy atom. The number of aromatic carboxylic acids is 1. The third-order valence-electron chi connectivity index (χ3n) is 3.88. The SMILES string of the molecule is Cc1ccc2cnc(N)c(C#Cc3cc(C(=O)O)ccc3C)c2c1. The van der Waals surface area contributed by atoms with Gasteiger partial charge in [-0.15, -0.1) is 0 Å². The van der Waals surface area contributed by atoms with Crippen molar-refractivity contribution in [2.45, 2.75) is 13.8 Å². The number of carboxylic acid groups (broad SMARTS) is 1. The number of anilines is 1. The smallest absolute Gasteiger partial charge is 0.335 e. The molecule has 0 atom stereocenters. The molecule has 3 rings (SSSR count). The van der Waals surface area contributed by atoms with Gasteiger partial charge >= 0.3 is 5.97 Å². The van der Waals surface area contributed by atoms with Crippen molar-refractivity contribution in [3.05, 3.63) is 70.4 Å². The zero-order valence-corrected chi connectivity index (χ0v) is 13.4. The number of fused-ring (bicyclic) bond motifs is 1. The quantitative estimate of drug-likeness (QED) is 0.673. The van der Waals surface area contributed by atoms with E-state index in [1.807, 2.05) is 32.0 Å². The summed E-state index contributed by atoms with van der Waals surface area (Å²) in [6, 6.07) is 10.9. The Labute approximate surface area is 140 Å². The van der Waals surface area contributed by atoms with E-state index in [9.17, 15) is 4.79 Å². The van der Waals surface area contributed by atoms with Crippen molar-refractivity contribution >= 4 is 22.6 Å². The highest BCUT2D eigenvalue weighted by Crippen LogP contribution is 2.23. The van der Waals surface area contributed by atoms with Crippen LogP contribution in [0.5, 0.6) is 0 Å². The molecule has 0 aliphatic carbocycles. The Balaban J connectivity index is 2.17. The molecule has 0 aliphatic rings. The molecule has 1 aromatic heterocycles. The van der Waals surface area contributed by atoms with Gasteiger partial charge in [-0.05, 0) is 37.6 Å². The molecule has 1 heterocycles. The Hall–Kier alpha value is -3.32. The van der Waals surface area contributed by atoms with Gasteiger partial charge in [-0.25, -0.2) is 9.78 Å². The molecule has 2 aromatic carbocycles. The number of nitrogens with two attached hydrogens (primary N) is 1. The lowest BCUT2D eigenvalue weighted by atomic mass is 10.0. The van der Waals surface area contributed by atoms with Crippen molar-refractivity contribution in [1.29, 1.82) is 0 Å². The highest BCUT2D eigenvalue weighted by molar-refractivity contribution is 5.91. The van der Waals surface area contributed by atoms with Gasteiger partial charge in [-0.1, -0.05) is 35.6 Å². The van der Waals surface area contributed by atoms with Gasteiger partial charge in [0.1, 0.15) is 5.82 Å². The van der Waals surface area contributed by atoms with E-state index < -0.39 is 5.97 Å². The van der Waals surface area contributed by atoms with Crippen molar-refractivity contribution in [1.82, 2.24) is 4.98 Å². The predicted molar refractivity (Wildman–Crippen MR) is 95.0 cm³/mol. The first-order valence-electron chi connectivity index (χ1n) is 7.46. The number of benzene rings is 2. The van der Waals surface area contributed by atoms with Gasteiger partial charge in [-0.3, -0.25) is 0 Å². The van der Waals surface area contributed by atoms with Crippen LogP contribution in [0.3, 0.4) is 0 Å². The zero-order chi connectivity index (χ0) is 17.3. The summed E-state index contributed by atoms with van der Waals surface area (Å²) < 4.78 is 0. The normalized spacial score (nSPS) is 10.2. The maximum absolute atomic E-state index is 11.1. The molecule has 3 N–H and O–H groups in total. The highest BCUT2D eigenvalue weighted by Gasteiger charge is 2.07. The monoisotopic (exact) mass is 316 g/mol. The number of hydrogen-bond donors (Lipinski definition) is 2. The van der Waals surface area contributed by atoms with Gasteiger partial charge in [0.15, 0.2) is 0 Å². The number of pyridine rings is 1. The fourth-order valence-electron chi connectivity index (χ4n) is 2.49. The molecule has 0 saturated heterocycles. The number of carbonyl (C=O) groups is 1. The summed E-state index contributed by atoms with van der Waals surface area (Å²) in [5.41, 5.74) is 9.57. The number of hydrogen-bond acceptors (Lipinski definition) is 3. The Morgan fingerprint density at radius 3 is 2.67 bits per heavy atom. The van der Waals surface area contributed by atoms with E-state index in [0.717, 1.165) is 21.9 Å². The maximum atomic E-state index is 11.1. The third kappa shape index (κ3) is 2.92. The molecule has 24 heavy (non-hydrogen) atoms. The fourth-order valence-corrected chi connectivity index (χ4v) is 2.49. The van der Waals surface area contributed by atoms with E-state index in [0.29, 0.717) is 16.9 Å². The Bertz CT molecular complexity index is 1020. The van der Waals surface area contributed by atoms with Crippen molar-refractivity contribution in [3.8, 4) is 11.8 Å². The van der Waals surface area contributed by atoms with Crippen molar-refractivity contribution in [2.75, 3.05) is 5.73 Å². The van der Waals surface area contributed by atoms with Crippen molar-refractivity contribution in [3.63, 3.8) is 0 Å². The number of rotatable bonds is 1. The van der Waals surface area contributed by atoms with Gasteiger partial charge in [0.05, 0.1) is 11.1 Å². The van der Waals surface area contributed by atoms with E-state index in [-0.39, 0.29) is 5.56 Å². The lowest BCUT2D eigenvalue weighted by Gasteiger charge is -2.05. The van der Waals surface area contributed by atoms with Crippen molar-refractivity contribution in [2.24, 2.45) is 0 Å². The molecule has 0 spiro atoms. The van der Waals surface area contributed by atoms with Gasteiger partial charge in [0.25, 0.3) is 0 Å². The van der Waals surface area contributed by atoms with Gasteiger partial charge < -0.3 is 10.8 Å². The number of aromatic nitrogens is 1. The summed E-state index contributed by atoms with van der Waals surface area (Å²) in [6.07, 6.45) is 1.73. The predicted octanol–water partition coefficient (Wildman–Crippen LogP) is 3.53. The summed E-state index contributed by atoms with van der Waals surface area (Å²) >= 11 is 0. The van der Waals surface area contributed by atoms with E-state index >= 15 is 0 Å². The summed E-state index contributed by atoms with van der Waals surface area (Å²) in [4.78, 5) is 15.3. The Kier molecular flexibility index (Phi) is 3.93. The van der Waals surface area contributed by atoms with Crippen LogP contribution in [0.1, 0.15) is 32.6 Å². The first-order chi connectivity index (χ1) is 11.5. The summed E-state index contributed by atoms with van der Waals surface area (Å²) in [7, 11) is 0. The fraction of sp³-hybridized carbons (Fsp3) is 0.100. The summed E-state index contributed by atoms with van der Waals surface area (Å²) in [6.45, 7) is 3.90. The average molecular weight is 316 g/mol. The van der Waals surface area contributed by atoms with Crippen LogP contribution in [-0.2, 0) is 0 Å². The summed E-state index contributed by atoms with van der Waals surface area (Å²) in [5, 5.41) is 11.0. The number of nitrogens with zero attached hydrogens (tertiary/aromatic N) is 1. The summed E-state index contributed by atoms with van der Waals surface area (Å²) in [5.74, 6) is 5.52. The van der Waals surface area contributed by atoms with E-state index in [1.165, 1.54) is 0 Å². The number of carboxylic acids is 1. The van der Waals surface area contributed by atoms with Crippen LogP contribution < -0.4 is 5.73 Å². The van der Waals surface area contributed by atoms with Crippen LogP contribution in [-0.4, -0.2) is 16.1 Å². The molecule has 4 heteroatoms. The second kappa shape index (κ2) is 6.05. The standard InChI is InChI=1S/C20H16N2O2/c1-12-3-5-16-11-22-19(21)17(18(16)9-12)8-7-14-10-15(20(23)24)6-4-13(14)2/h3-6,9-11H,1-2H3,(H2,21,22)(H,23,24). The molecule has 0 fully saturated rings. The molecule has 0 unspecified atom stereocenters. The minimum Gasteiger partial charge on any atom is -0.478 e. The van der Waals surface area contributed by atoms with E-state index in [1.54, 1.807) is 24.4 Å². The molecule has 0 saturated carbocycles. The minimum atomic E-state index is -0.972. The topological polar surface area (TPSA) is 76.2 Å². The van der Waals surface area contributed by atoms with Crippen LogP contribution in [0.4, 0.5) is 5.82 Å². The molecule has 0 amide bonds. The van der Waals surface area contributed by atoms with E-state index in [4.69, 9.17) is 10.8 Å². The van der Waals surface area contributed by atoms with Crippen molar-refractivity contribution < 1.29 is 9.90 Å². The third-order valence-corrected chi connectivity index (χ3v) is 3.88. The number of aryl methyl sites for hydroxylation is 2. The average Bonchev–Trinajstić information content (AvgIpc) is 2.55. The van der Waals surface area contributed by atoms with Crippen LogP contribution in [0, 0.1) is 25.7 Å². The van der Waals surface area contributed by atoms with Gasteiger partial charge in [0.2, 0.25) is 0 Å². The molecular formula is C20H16N2O2. The maximum Gasteiger partial charge on any atom is 0.335 e. The highest BCUT2D eigenvalue weighted by atomic mass is 16.4. The van der Waals surface area contributed by atoms with Crippen LogP contribution in [0.15, 0.2) is 42.6 Å². The molecule has 3 aromatic rings. The Morgan fingerprint density at radius 2 is 1.92 bits per heavy atom. The largest absolute Gasteiger partial charge is 0.478 e.